The summed E-state index contributed by atoms with van der Waals surface area (Å²) in [7, 11) is 0. The predicted octanol–water partition coefficient (Wildman–Crippen LogP) is 1.42. The molecule has 4 heteroatoms. The lowest BCUT2D eigenvalue weighted by molar-refractivity contribution is 0.243. The molecule has 0 rings (SSSR count). The molecule has 0 aromatic rings. The van der Waals surface area contributed by atoms with E-state index in [0.717, 1.165) is 6.54 Å². The average molecular weight is 184 g/mol. The van der Waals surface area contributed by atoms with Crippen LogP contribution >= 0.6 is 0 Å². The summed E-state index contributed by atoms with van der Waals surface area (Å²) in [6.45, 7) is 10.6. The van der Waals surface area contributed by atoms with Crippen LogP contribution in [-0.2, 0) is 0 Å². The molecule has 0 spiro atoms. The summed E-state index contributed by atoms with van der Waals surface area (Å²) < 4.78 is 0. The molecule has 0 aromatic carbocycles. The minimum absolute atomic E-state index is 0.0786. The maximum atomic E-state index is 7.69. The maximum Gasteiger partial charge on any atom is 0.219 e. The highest BCUT2D eigenvalue weighted by Gasteiger charge is 2.21. The summed E-state index contributed by atoms with van der Waals surface area (Å²) in [6.07, 6.45) is 0. The number of guanidine groups is 1. The number of nitrogens with one attached hydrogen (secondary N) is 1. The molecule has 0 heterocycles. The molecular weight excluding hydrogens is 164 g/mol. The largest absolute Gasteiger partial charge is 0.387 e. The summed E-state index contributed by atoms with van der Waals surface area (Å²) in [6, 6.07) is 0. The molecule has 0 saturated carbocycles. The van der Waals surface area contributed by atoms with Gasteiger partial charge in [0.2, 0.25) is 5.96 Å². The first-order chi connectivity index (χ1) is 5.79. The molecule has 0 aliphatic heterocycles. The molecule has 76 valence electrons. The Hall–Kier alpha value is -1.06. The lowest BCUT2D eigenvalue weighted by Gasteiger charge is -2.34. The van der Waals surface area contributed by atoms with Crippen molar-refractivity contribution in [3.05, 3.63) is 0 Å². The Morgan fingerprint density at radius 1 is 1.46 bits per heavy atom. The first kappa shape index (κ1) is 11.9. The van der Waals surface area contributed by atoms with Crippen molar-refractivity contribution in [1.82, 2.24) is 4.90 Å². The summed E-state index contributed by atoms with van der Waals surface area (Å²) in [5.41, 5.74) is 5.33. The molecule has 13 heavy (non-hydrogen) atoms. The van der Waals surface area contributed by atoms with Crippen molar-refractivity contribution in [1.29, 1.82) is 5.41 Å². The highest BCUT2D eigenvalue weighted by molar-refractivity contribution is 5.92. The zero-order valence-corrected chi connectivity index (χ0v) is 9.18. The molecule has 0 aromatic heterocycles. The molecule has 0 atom stereocenters. The fourth-order valence-corrected chi connectivity index (χ4v) is 1.17. The van der Waals surface area contributed by atoms with Gasteiger partial charge in [0.25, 0.3) is 0 Å². The van der Waals surface area contributed by atoms with Gasteiger partial charge in [0, 0.05) is 12.1 Å². The molecule has 0 bridgehead atoms. The highest BCUT2D eigenvalue weighted by atomic mass is 15.3. The smallest absolute Gasteiger partial charge is 0.219 e. The maximum absolute atomic E-state index is 7.69. The topological polar surface area (TPSA) is 65.5 Å². The summed E-state index contributed by atoms with van der Waals surface area (Å²) in [5, 5.41) is 7.69. The van der Waals surface area contributed by atoms with Gasteiger partial charge >= 0.3 is 0 Å². The monoisotopic (exact) mass is 184 g/mol. The van der Waals surface area contributed by atoms with Crippen molar-refractivity contribution >= 4 is 11.8 Å². The zero-order chi connectivity index (χ0) is 10.6. The molecular formula is C9H20N4. The van der Waals surface area contributed by atoms with Crippen molar-refractivity contribution < 1.29 is 0 Å². The number of rotatable bonds is 1. The van der Waals surface area contributed by atoms with Gasteiger partial charge in [-0.25, -0.2) is 4.99 Å². The van der Waals surface area contributed by atoms with Crippen LogP contribution in [0.1, 0.15) is 34.6 Å². The van der Waals surface area contributed by atoms with Gasteiger partial charge in [-0.2, -0.15) is 0 Å². The lowest BCUT2D eigenvalue weighted by Crippen LogP contribution is -2.44. The SMILES string of the molecule is CCN(C(=N)N=C(C)N)C(C)(C)C. The van der Waals surface area contributed by atoms with Crippen molar-refractivity contribution in [2.45, 2.75) is 40.2 Å². The van der Waals surface area contributed by atoms with Crippen LogP contribution in [0, 0.1) is 5.41 Å². The van der Waals surface area contributed by atoms with Crippen LogP contribution in [-0.4, -0.2) is 28.8 Å². The minimum atomic E-state index is -0.0786. The number of nitrogens with two attached hydrogens (primary N) is 1. The van der Waals surface area contributed by atoms with Crippen molar-refractivity contribution in [3.63, 3.8) is 0 Å². The standard InChI is InChI=1S/C9H20N4/c1-6-13(9(3,4)5)8(11)12-7(2)10/h6H2,1-5H3,(H3,10,11,12). The van der Waals surface area contributed by atoms with Crippen LogP contribution in [0.2, 0.25) is 0 Å². The number of amidine groups is 1. The lowest BCUT2D eigenvalue weighted by atomic mass is 10.1. The van der Waals surface area contributed by atoms with E-state index >= 15 is 0 Å². The number of nitrogens with zero attached hydrogens (tertiary/aromatic N) is 2. The van der Waals surface area contributed by atoms with E-state index < -0.39 is 0 Å². The molecule has 4 nitrogen and oxygen atoms in total. The highest BCUT2D eigenvalue weighted by Crippen LogP contribution is 2.13. The molecule has 0 unspecified atom stereocenters. The van der Waals surface area contributed by atoms with Gasteiger partial charge in [0.1, 0.15) is 0 Å². The number of hydrogen-bond donors (Lipinski definition) is 2. The van der Waals surface area contributed by atoms with E-state index in [1.807, 2.05) is 32.6 Å². The molecule has 0 fully saturated rings. The van der Waals surface area contributed by atoms with Crippen LogP contribution in [0.25, 0.3) is 0 Å². The third-order valence-electron chi connectivity index (χ3n) is 1.66. The van der Waals surface area contributed by atoms with E-state index in [-0.39, 0.29) is 11.5 Å². The Labute approximate surface area is 80.3 Å². The Morgan fingerprint density at radius 2 is 1.92 bits per heavy atom. The van der Waals surface area contributed by atoms with E-state index in [1.54, 1.807) is 6.92 Å². The second kappa shape index (κ2) is 4.25. The second-order valence-electron chi connectivity index (χ2n) is 3.99. The van der Waals surface area contributed by atoms with Crippen LogP contribution in [0.5, 0.6) is 0 Å². The summed E-state index contributed by atoms with van der Waals surface area (Å²) in [4.78, 5) is 5.81. The Bertz CT molecular complexity index is 208. The van der Waals surface area contributed by atoms with E-state index in [0.29, 0.717) is 5.84 Å². The van der Waals surface area contributed by atoms with E-state index in [4.69, 9.17) is 11.1 Å². The second-order valence-corrected chi connectivity index (χ2v) is 3.99. The molecule has 0 saturated heterocycles. The Morgan fingerprint density at radius 3 is 2.15 bits per heavy atom. The predicted molar refractivity (Wildman–Crippen MR) is 57.2 cm³/mol. The van der Waals surface area contributed by atoms with Gasteiger partial charge in [-0.15, -0.1) is 0 Å². The van der Waals surface area contributed by atoms with Gasteiger partial charge in [0.15, 0.2) is 0 Å². The average Bonchev–Trinajstić information content (AvgIpc) is 1.82. The molecule has 0 aliphatic carbocycles. The summed E-state index contributed by atoms with van der Waals surface area (Å²) >= 11 is 0. The van der Waals surface area contributed by atoms with Gasteiger partial charge in [-0.05, 0) is 34.6 Å². The van der Waals surface area contributed by atoms with Gasteiger partial charge in [0.05, 0.1) is 5.84 Å². The molecule has 0 aliphatic rings. The normalized spacial score (nSPS) is 12.8. The van der Waals surface area contributed by atoms with Crippen molar-refractivity contribution in [2.75, 3.05) is 6.54 Å². The van der Waals surface area contributed by atoms with E-state index in [9.17, 15) is 0 Å². The van der Waals surface area contributed by atoms with Gasteiger partial charge in [-0.1, -0.05) is 0 Å². The zero-order valence-electron chi connectivity index (χ0n) is 9.18. The Balaban J connectivity index is 4.62. The van der Waals surface area contributed by atoms with E-state index in [2.05, 4.69) is 4.99 Å². The van der Waals surface area contributed by atoms with Crippen LogP contribution in [0.4, 0.5) is 0 Å². The van der Waals surface area contributed by atoms with Crippen LogP contribution < -0.4 is 5.73 Å². The third kappa shape index (κ3) is 3.92. The third-order valence-corrected chi connectivity index (χ3v) is 1.66. The van der Waals surface area contributed by atoms with E-state index in [1.165, 1.54) is 0 Å². The number of aliphatic imine (C=N–C) groups is 1. The Kier molecular flexibility index (Phi) is 3.91. The first-order valence-corrected chi connectivity index (χ1v) is 4.46. The molecule has 0 amide bonds. The summed E-state index contributed by atoms with van der Waals surface area (Å²) in [5.74, 6) is 0.655. The fraction of sp³-hybridized carbons (Fsp3) is 0.778. The van der Waals surface area contributed by atoms with Crippen LogP contribution in [0.3, 0.4) is 0 Å². The number of hydrogen-bond acceptors (Lipinski definition) is 1. The quantitative estimate of drug-likeness (QED) is 0.478. The first-order valence-electron chi connectivity index (χ1n) is 4.46. The van der Waals surface area contributed by atoms with Gasteiger partial charge in [-0.3, -0.25) is 5.41 Å². The van der Waals surface area contributed by atoms with Crippen molar-refractivity contribution in [2.24, 2.45) is 10.7 Å². The van der Waals surface area contributed by atoms with Gasteiger partial charge < -0.3 is 10.6 Å². The molecule has 3 N–H and O–H groups in total. The fourth-order valence-electron chi connectivity index (χ4n) is 1.17. The van der Waals surface area contributed by atoms with Crippen LogP contribution in [0.15, 0.2) is 4.99 Å². The van der Waals surface area contributed by atoms with Crippen molar-refractivity contribution in [3.8, 4) is 0 Å². The molecule has 0 radical (unpaired) electrons. The minimum Gasteiger partial charge on any atom is -0.387 e.